The molecule has 4 rings (SSSR count). The van der Waals surface area contributed by atoms with Gasteiger partial charge in [-0.15, -0.1) is 0 Å². The summed E-state index contributed by atoms with van der Waals surface area (Å²) in [6.45, 7) is 6.91. The summed E-state index contributed by atoms with van der Waals surface area (Å²) >= 11 is 12.1. The van der Waals surface area contributed by atoms with E-state index < -0.39 is 18.0 Å². The normalized spacial score (nSPS) is 21.8. The summed E-state index contributed by atoms with van der Waals surface area (Å²) < 4.78 is 11.7. The number of benzene rings is 2. The monoisotopic (exact) mass is 493 g/mol. The van der Waals surface area contributed by atoms with Gasteiger partial charge in [0.15, 0.2) is 0 Å². The Labute approximate surface area is 203 Å². The summed E-state index contributed by atoms with van der Waals surface area (Å²) in [5.74, 6) is -0.626. The van der Waals surface area contributed by atoms with Gasteiger partial charge in [0.1, 0.15) is 17.8 Å². The zero-order chi connectivity index (χ0) is 23.9. The molecule has 178 valence electrons. The number of halogens is 2. The van der Waals surface area contributed by atoms with Gasteiger partial charge >= 0.3 is 5.97 Å². The molecule has 1 fully saturated rings. The van der Waals surface area contributed by atoms with Crippen LogP contribution in [-0.4, -0.2) is 47.1 Å². The first-order valence-corrected chi connectivity index (χ1v) is 11.8. The predicted octanol–water partition coefficient (Wildman–Crippen LogP) is 4.35. The second kappa shape index (κ2) is 9.43. The standard InChI is InChI=1S/C25H29Cl2NO5/c1-13-4-6-15(19-20-21(24(30)31)23(20)33-22(13)19)11-32-12-16(29)10-28-25(2,3)9-14-5-7-17(26)18(27)8-14/h4-8,16,20-21,23,28-29H,9-12H2,1-3H3,(H,30,31)/t16-,20-,21-,23?/m1/s1. The number of carboxylic acid groups (broad SMARTS) is 1. The first kappa shape index (κ1) is 24.3. The van der Waals surface area contributed by atoms with Gasteiger partial charge in [-0.25, -0.2) is 0 Å². The summed E-state index contributed by atoms with van der Waals surface area (Å²) in [7, 11) is 0. The van der Waals surface area contributed by atoms with Crippen LogP contribution in [0.4, 0.5) is 0 Å². The quantitative estimate of drug-likeness (QED) is 0.455. The smallest absolute Gasteiger partial charge is 0.311 e. The SMILES string of the molecule is Cc1ccc(COC[C@H](O)CNC(C)(C)Cc2ccc(Cl)c(Cl)c2)c2c1OC1[C@H](C(=O)O)[C@@H]21. The third kappa shape index (κ3) is 5.31. The zero-order valence-corrected chi connectivity index (χ0v) is 20.4. The van der Waals surface area contributed by atoms with Gasteiger partial charge in [0.25, 0.3) is 0 Å². The summed E-state index contributed by atoms with van der Waals surface area (Å²) in [5, 5.41) is 24.2. The molecule has 33 heavy (non-hydrogen) atoms. The lowest BCUT2D eigenvalue weighted by Crippen LogP contribution is -2.46. The number of rotatable bonds is 10. The molecule has 0 amide bonds. The van der Waals surface area contributed by atoms with E-state index in [1.165, 1.54) is 0 Å². The number of aliphatic hydroxyl groups excluding tert-OH is 1. The molecule has 6 nitrogen and oxygen atoms in total. The minimum atomic E-state index is -0.825. The molecule has 2 aliphatic rings. The third-order valence-electron chi connectivity index (χ3n) is 6.32. The van der Waals surface area contributed by atoms with Crippen molar-refractivity contribution < 1.29 is 24.5 Å². The summed E-state index contributed by atoms with van der Waals surface area (Å²) in [5.41, 5.74) is 3.66. The van der Waals surface area contributed by atoms with E-state index in [-0.39, 0.29) is 24.2 Å². The van der Waals surface area contributed by atoms with Crippen LogP contribution < -0.4 is 10.1 Å². The van der Waals surface area contributed by atoms with E-state index in [0.29, 0.717) is 23.2 Å². The van der Waals surface area contributed by atoms with E-state index in [2.05, 4.69) is 19.2 Å². The van der Waals surface area contributed by atoms with E-state index in [0.717, 1.165) is 34.4 Å². The Morgan fingerprint density at radius 3 is 2.70 bits per heavy atom. The molecule has 8 heteroatoms. The van der Waals surface area contributed by atoms with E-state index >= 15 is 0 Å². The molecule has 4 atom stereocenters. The van der Waals surface area contributed by atoms with Gasteiger partial charge < -0.3 is 25.0 Å². The number of carbonyl (C=O) groups is 1. The molecule has 0 saturated heterocycles. The fourth-order valence-corrected chi connectivity index (χ4v) is 4.90. The van der Waals surface area contributed by atoms with Crippen LogP contribution in [0.2, 0.25) is 10.0 Å². The molecule has 1 unspecified atom stereocenters. The van der Waals surface area contributed by atoms with Crippen molar-refractivity contribution >= 4 is 29.2 Å². The highest BCUT2D eigenvalue weighted by Gasteiger charge is 2.63. The highest BCUT2D eigenvalue weighted by molar-refractivity contribution is 6.42. The molecule has 2 aromatic rings. The molecule has 0 radical (unpaired) electrons. The highest BCUT2D eigenvalue weighted by Crippen LogP contribution is 2.60. The van der Waals surface area contributed by atoms with Crippen molar-refractivity contribution in [3.05, 3.63) is 62.6 Å². The Morgan fingerprint density at radius 1 is 1.24 bits per heavy atom. The van der Waals surface area contributed by atoms with E-state index in [1.807, 2.05) is 31.2 Å². The number of nitrogens with one attached hydrogen (secondary N) is 1. The summed E-state index contributed by atoms with van der Waals surface area (Å²) in [6, 6.07) is 9.51. The van der Waals surface area contributed by atoms with Gasteiger partial charge in [-0.2, -0.15) is 0 Å². The maximum absolute atomic E-state index is 11.4. The van der Waals surface area contributed by atoms with Crippen LogP contribution in [0.15, 0.2) is 30.3 Å². The number of β-amino-alcohol motifs (C(OH)–C–C–N with tert-alkyl or cyclic N) is 1. The van der Waals surface area contributed by atoms with Crippen LogP contribution in [0.3, 0.4) is 0 Å². The van der Waals surface area contributed by atoms with Crippen LogP contribution in [0, 0.1) is 12.8 Å². The van der Waals surface area contributed by atoms with Crippen molar-refractivity contribution in [2.45, 2.75) is 57.5 Å². The number of aryl methyl sites for hydroxylation is 1. The molecule has 1 saturated carbocycles. The summed E-state index contributed by atoms with van der Waals surface area (Å²) in [4.78, 5) is 11.4. The van der Waals surface area contributed by atoms with Crippen molar-refractivity contribution in [2.75, 3.05) is 13.2 Å². The van der Waals surface area contributed by atoms with Crippen molar-refractivity contribution in [1.29, 1.82) is 0 Å². The Balaban J connectivity index is 1.27. The molecular weight excluding hydrogens is 465 g/mol. The van der Waals surface area contributed by atoms with Gasteiger partial charge in [-0.3, -0.25) is 4.79 Å². The second-order valence-electron chi connectivity index (χ2n) is 9.62. The first-order chi connectivity index (χ1) is 15.6. The number of fused-ring (bicyclic) bond motifs is 3. The molecule has 1 aliphatic carbocycles. The molecule has 0 spiro atoms. The number of ether oxygens (including phenoxy) is 2. The van der Waals surface area contributed by atoms with E-state index in [1.54, 1.807) is 6.07 Å². The Hall–Kier alpha value is -1.83. The number of hydrogen-bond donors (Lipinski definition) is 3. The average molecular weight is 494 g/mol. The molecule has 0 aromatic heterocycles. The molecule has 0 bridgehead atoms. The topological polar surface area (TPSA) is 88.0 Å². The Morgan fingerprint density at radius 2 is 2.00 bits per heavy atom. The summed E-state index contributed by atoms with van der Waals surface area (Å²) in [6.07, 6.45) is -0.238. The number of aliphatic hydroxyl groups is 1. The fourth-order valence-electron chi connectivity index (χ4n) is 4.58. The number of aliphatic carboxylic acids is 1. The lowest BCUT2D eigenvalue weighted by atomic mass is 9.94. The van der Waals surface area contributed by atoms with E-state index in [4.69, 9.17) is 32.7 Å². The molecule has 2 aromatic carbocycles. The van der Waals surface area contributed by atoms with E-state index in [9.17, 15) is 15.0 Å². The predicted molar refractivity (Wildman–Crippen MR) is 127 cm³/mol. The van der Waals surface area contributed by atoms with Gasteiger partial charge in [-0.05, 0) is 56.0 Å². The van der Waals surface area contributed by atoms with Crippen LogP contribution in [0.1, 0.15) is 42.0 Å². The van der Waals surface area contributed by atoms with Crippen molar-refractivity contribution in [2.24, 2.45) is 5.92 Å². The van der Waals surface area contributed by atoms with Crippen LogP contribution in [-0.2, 0) is 22.6 Å². The average Bonchev–Trinajstić information content (AvgIpc) is 3.32. The zero-order valence-electron chi connectivity index (χ0n) is 18.9. The molecular formula is C25H29Cl2NO5. The first-order valence-electron chi connectivity index (χ1n) is 11.0. The minimum Gasteiger partial charge on any atom is -0.488 e. The maximum atomic E-state index is 11.4. The Kier molecular flexibility index (Phi) is 6.95. The number of hydrogen-bond acceptors (Lipinski definition) is 5. The van der Waals surface area contributed by atoms with Gasteiger partial charge in [-0.1, -0.05) is 41.4 Å². The lowest BCUT2D eigenvalue weighted by Gasteiger charge is -2.28. The third-order valence-corrected chi connectivity index (χ3v) is 7.06. The lowest BCUT2D eigenvalue weighted by molar-refractivity contribution is -0.139. The van der Waals surface area contributed by atoms with Gasteiger partial charge in [0.05, 0.1) is 29.4 Å². The van der Waals surface area contributed by atoms with Crippen molar-refractivity contribution in [3.63, 3.8) is 0 Å². The molecule has 1 aliphatic heterocycles. The highest BCUT2D eigenvalue weighted by atomic mass is 35.5. The van der Waals surface area contributed by atoms with Crippen molar-refractivity contribution in [1.82, 2.24) is 5.32 Å². The van der Waals surface area contributed by atoms with Crippen LogP contribution >= 0.6 is 23.2 Å². The Bertz CT molecular complexity index is 1060. The number of carboxylic acids is 1. The second-order valence-corrected chi connectivity index (χ2v) is 10.4. The minimum absolute atomic E-state index is 0.107. The van der Waals surface area contributed by atoms with Crippen molar-refractivity contribution in [3.8, 4) is 5.75 Å². The van der Waals surface area contributed by atoms with Crippen LogP contribution in [0.25, 0.3) is 0 Å². The molecule has 3 N–H and O–H groups in total. The fraction of sp³-hybridized carbons (Fsp3) is 0.480. The van der Waals surface area contributed by atoms with Crippen LogP contribution in [0.5, 0.6) is 5.75 Å². The maximum Gasteiger partial charge on any atom is 0.311 e. The molecule has 1 heterocycles. The van der Waals surface area contributed by atoms with Gasteiger partial charge in [0.2, 0.25) is 0 Å². The largest absolute Gasteiger partial charge is 0.488 e. The van der Waals surface area contributed by atoms with Gasteiger partial charge in [0, 0.05) is 23.6 Å².